The van der Waals surface area contributed by atoms with Crippen LogP contribution in [0.25, 0.3) is 0 Å². The molecule has 4 heteroatoms. The highest BCUT2D eigenvalue weighted by atomic mass is 16.5. The van der Waals surface area contributed by atoms with E-state index in [1.165, 1.54) is 12.0 Å². The lowest BCUT2D eigenvalue weighted by atomic mass is 9.97. The van der Waals surface area contributed by atoms with Gasteiger partial charge in [-0.2, -0.15) is 0 Å². The van der Waals surface area contributed by atoms with E-state index in [4.69, 9.17) is 4.74 Å². The molecule has 0 bridgehead atoms. The van der Waals surface area contributed by atoms with Crippen molar-refractivity contribution >= 4 is 5.91 Å². The standard InChI is InChI=1S/C17H26N2O2/c1-13-5-4-6-14(2)19(13)17(20)12-21-16-9-7-15(8-10-16)11-18-3/h7-10,13-14,18H,4-6,11-12H2,1-3H3. The summed E-state index contributed by atoms with van der Waals surface area (Å²) in [7, 11) is 1.92. The van der Waals surface area contributed by atoms with E-state index in [1.807, 2.05) is 36.2 Å². The number of nitrogens with zero attached hydrogens (tertiary/aromatic N) is 1. The number of carbonyl (C=O) groups is 1. The molecule has 0 radical (unpaired) electrons. The van der Waals surface area contributed by atoms with Crippen molar-refractivity contribution in [3.05, 3.63) is 29.8 Å². The van der Waals surface area contributed by atoms with Crippen LogP contribution < -0.4 is 10.1 Å². The Hall–Kier alpha value is -1.55. The first kappa shape index (κ1) is 15.8. The van der Waals surface area contributed by atoms with Crippen molar-refractivity contribution in [2.45, 2.75) is 51.7 Å². The maximum Gasteiger partial charge on any atom is 0.260 e. The summed E-state index contributed by atoms with van der Waals surface area (Å²) < 4.78 is 5.64. The minimum absolute atomic E-state index is 0.0917. The lowest BCUT2D eigenvalue weighted by Crippen LogP contribution is -2.49. The molecular formula is C17H26N2O2. The predicted octanol–water partition coefficient (Wildman–Crippen LogP) is 2.57. The summed E-state index contributed by atoms with van der Waals surface area (Å²) in [5, 5.41) is 3.10. The Morgan fingerprint density at radius 1 is 1.24 bits per heavy atom. The molecule has 1 aliphatic rings. The lowest BCUT2D eigenvalue weighted by molar-refractivity contribution is -0.139. The van der Waals surface area contributed by atoms with E-state index in [-0.39, 0.29) is 12.5 Å². The van der Waals surface area contributed by atoms with Crippen molar-refractivity contribution in [3.8, 4) is 5.75 Å². The molecule has 4 nitrogen and oxygen atoms in total. The van der Waals surface area contributed by atoms with Gasteiger partial charge in [0.15, 0.2) is 6.61 Å². The van der Waals surface area contributed by atoms with Crippen LogP contribution in [0, 0.1) is 0 Å². The zero-order chi connectivity index (χ0) is 15.2. The van der Waals surface area contributed by atoms with Crippen LogP contribution in [0.5, 0.6) is 5.75 Å². The molecule has 1 aromatic rings. The molecule has 1 saturated heterocycles. The average molecular weight is 290 g/mol. The Morgan fingerprint density at radius 2 is 1.86 bits per heavy atom. The Kier molecular flexibility index (Phi) is 5.62. The molecule has 0 spiro atoms. The molecule has 1 fully saturated rings. The van der Waals surface area contributed by atoms with Gasteiger partial charge in [0.1, 0.15) is 5.75 Å². The molecule has 116 valence electrons. The largest absolute Gasteiger partial charge is 0.484 e. The van der Waals surface area contributed by atoms with E-state index in [1.54, 1.807) is 0 Å². The van der Waals surface area contributed by atoms with Crippen molar-refractivity contribution in [2.24, 2.45) is 0 Å². The second kappa shape index (κ2) is 7.46. The van der Waals surface area contributed by atoms with Gasteiger partial charge in [-0.3, -0.25) is 4.79 Å². The predicted molar refractivity (Wildman–Crippen MR) is 84.3 cm³/mol. The van der Waals surface area contributed by atoms with Crippen LogP contribution in [0.4, 0.5) is 0 Å². The molecule has 0 aromatic heterocycles. The molecule has 0 aliphatic carbocycles. The smallest absolute Gasteiger partial charge is 0.260 e. The number of likely N-dealkylation sites (tertiary alicyclic amines) is 1. The summed E-state index contributed by atoms with van der Waals surface area (Å²) in [6, 6.07) is 8.52. The van der Waals surface area contributed by atoms with Crippen LogP contribution in [-0.2, 0) is 11.3 Å². The number of ether oxygens (including phenoxy) is 1. The third-order valence-electron chi connectivity index (χ3n) is 4.15. The number of hydrogen-bond acceptors (Lipinski definition) is 3. The summed E-state index contributed by atoms with van der Waals surface area (Å²) in [6.45, 7) is 5.21. The number of amides is 1. The monoisotopic (exact) mass is 290 g/mol. The number of carbonyl (C=O) groups excluding carboxylic acids is 1. The Morgan fingerprint density at radius 3 is 2.43 bits per heavy atom. The number of rotatable bonds is 5. The molecule has 1 aliphatic heterocycles. The Bertz CT molecular complexity index is 448. The van der Waals surface area contributed by atoms with Crippen molar-refractivity contribution in [2.75, 3.05) is 13.7 Å². The summed E-state index contributed by atoms with van der Waals surface area (Å²) in [6.07, 6.45) is 3.39. The second-order valence-electron chi connectivity index (χ2n) is 5.89. The van der Waals surface area contributed by atoms with Crippen molar-refractivity contribution in [3.63, 3.8) is 0 Å². The third kappa shape index (κ3) is 4.21. The van der Waals surface area contributed by atoms with Gasteiger partial charge in [-0.1, -0.05) is 12.1 Å². The van der Waals surface area contributed by atoms with E-state index >= 15 is 0 Å². The SMILES string of the molecule is CNCc1ccc(OCC(=O)N2C(C)CCCC2C)cc1. The topological polar surface area (TPSA) is 41.6 Å². The summed E-state index contributed by atoms with van der Waals surface area (Å²) in [4.78, 5) is 14.3. The first-order valence-corrected chi connectivity index (χ1v) is 7.79. The Balaban J connectivity index is 1.88. The molecule has 21 heavy (non-hydrogen) atoms. The van der Waals surface area contributed by atoms with Gasteiger partial charge < -0.3 is 15.0 Å². The average Bonchev–Trinajstić information content (AvgIpc) is 2.47. The van der Waals surface area contributed by atoms with E-state index in [0.717, 1.165) is 25.1 Å². The van der Waals surface area contributed by atoms with Crippen LogP contribution in [0.15, 0.2) is 24.3 Å². The van der Waals surface area contributed by atoms with Crippen LogP contribution in [0.1, 0.15) is 38.7 Å². The molecule has 2 atom stereocenters. The zero-order valence-electron chi connectivity index (χ0n) is 13.3. The van der Waals surface area contributed by atoms with Crippen LogP contribution in [0.3, 0.4) is 0 Å². The highest BCUT2D eigenvalue weighted by molar-refractivity contribution is 5.78. The van der Waals surface area contributed by atoms with Crippen LogP contribution in [-0.4, -0.2) is 36.5 Å². The van der Waals surface area contributed by atoms with Crippen LogP contribution in [0.2, 0.25) is 0 Å². The molecule has 1 amide bonds. The van der Waals surface area contributed by atoms with Crippen LogP contribution >= 0.6 is 0 Å². The first-order chi connectivity index (χ1) is 10.1. The summed E-state index contributed by atoms with van der Waals surface area (Å²) in [5.41, 5.74) is 1.20. The summed E-state index contributed by atoms with van der Waals surface area (Å²) in [5.74, 6) is 0.842. The molecule has 2 rings (SSSR count). The fourth-order valence-electron chi connectivity index (χ4n) is 3.04. The molecule has 1 heterocycles. The molecule has 2 unspecified atom stereocenters. The quantitative estimate of drug-likeness (QED) is 0.906. The van der Waals surface area contributed by atoms with Gasteiger partial charge in [0, 0.05) is 18.6 Å². The van der Waals surface area contributed by atoms with Gasteiger partial charge in [0.25, 0.3) is 5.91 Å². The molecule has 0 saturated carbocycles. The van der Waals surface area contributed by atoms with Crippen molar-refractivity contribution < 1.29 is 9.53 Å². The first-order valence-electron chi connectivity index (χ1n) is 7.79. The van der Waals surface area contributed by atoms with E-state index < -0.39 is 0 Å². The highest BCUT2D eigenvalue weighted by Gasteiger charge is 2.28. The molecule has 1 N–H and O–H groups in total. The van der Waals surface area contributed by atoms with Gasteiger partial charge in [-0.15, -0.1) is 0 Å². The van der Waals surface area contributed by atoms with Gasteiger partial charge in [0.05, 0.1) is 0 Å². The second-order valence-corrected chi connectivity index (χ2v) is 5.89. The van der Waals surface area contributed by atoms with E-state index in [0.29, 0.717) is 12.1 Å². The zero-order valence-corrected chi connectivity index (χ0v) is 13.3. The van der Waals surface area contributed by atoms with Gasteiger partial charge in [-0.05, 0) is 57.9 Å². The number of nitrogens with one attached hydrogen (secondary N) is 1. The third-order valence-corrected chi connectivity index (χ3v) is 4.15. The van der Waals surface area contributed by atoms with Crippen molar-refractivity contribution in [1.29, 1.82) is 0 Å². The Labute approximate surface area is 127 Å². The maximum atomic E-state index is 12.4. The van der Waals surface area contributed by atoms with E-state index in [2.05, 4.69) is 19.2 Å². The molecular weight excluding hydrogens is 264 g/mol. The minimum Gasteiger partial charge on any atom is -0.484 e. The number of benzene rings is 1. The number of hydrogen-bond donors (Lipinski definition) is 1. The highest BCUT2D eigenvalue weighted by Crippen LogP contribution is 2.22. The summed E-state index contributed by atoms with van der Waals surface area (Å²) >= 11 is 0. The van der Waals surface area contributed by atoms with Crippen molar-refractivity contribution in [1.82, 2.24) is 10.2 Å². The van der Waals surface area contributed by atoms with E-state index in [9.17, 15) is 4.79 Å². The fraction of sp³-hybridized carbons (Fsp3) is 0.588. The van der Waals surface area contributed by atoms with Gasteiger partial charge in [0.2, 0.25) is 0 Å². The maximum absolute atomic E-state index is 12.4. The minimum atomic E-state index is 0.0917. The fourth-order valence-corrected chi connectivity index (χ4v) is 3.04. The van der Waals surface area contributed by atoms with Gasteiger partial charge in [-0.25, -0.2) is 0 Å². The lowest BCUT2D eigenvalue weighted by Gasteiger charge is -2.38. The van der Waals surface area contributed by atoms with Gasteiger partial charge >= 0.3 is 0 Å². The number of piperidine rings is 1. The molecule has 1 aromatic carbocycles. The normalized spacial score (nSPS) is 22.1.